The lowest BCUT2D eigenvalue weighted by Crippen LogP contribution is -2.34. The molecule has 1 saturated heterocycles. The number of ketones is 1. The molecule has 4 atom stereocenters. The monoisotopic (exact) mass is 293 g/mol. The Hall–Kier alpha value is -2.10. The van der Waals surface area contributed by atoms with Crippen LogP contribution in [0.1, 0.15) is 19.0 Å². The van der Waals surface area contributed by atoms with Crippen molar-refractivity contribution < 1.29 is 19.7 Å². The Bertz CT molecular complexity index is 715. The molecule has 1 aliphatic rings. The summed E-state index contributed by atoms with van der Waals surface area (Å²) in [6.07, 6.45) is -3.23. The Kier molecular flexibility index (Phi) is 3.12. The fraction of sp³-hybridized carbons (Fsp3) is 0.500. The lowest BCUT2D eigenvalue weighted by atomic mass is 10.1. The summed E-state index contributed by atoms with van der Waals surface area (Å²) in [4.78, 5) is 23.7. The number of aromatic nitrogens is 4. The third-order valence-corrected chi connectivity index (χ3v) is 3.47. The molecule has 0 spiro atoms. The van der Waals surface area contributed by atoms with Gasteiger partial charge < -0.3 is 20.7 Å². The van der Waals surface area contributed by atoms with Crippen molar-refractivity contribution in [2.75, 3.05) is 5.73 Å². The van der Waals surface area contributed by atoms with Gasteiger partial charge in [0.1, 0.15) is 29.7 Å². The van der Waals surface area contributed by atoms with E-state index in [4.69, 9.17) is 10.5 Å². The number of carbonyl (C=O) groups excluding carboxylic acids is 1. The maximum absolute atomic E-state index is 11.4. The molecule has 4 N–H and O–H groups in total. The number of hydrogen-bond acceptors (Lipinski definition) is 8. The normalized spacial score (nSPS) is 29.1. The molecule has 0 saturated carbocycles. The SMILES string of the molecule is CC(=O)[C@H]1OC(n2cnc3c(N)nc(C)nc32)[C@H](O)[C@@H]1O. The summed E-state index contributed by atoms with van der Waals surface area (Å²) in [7, 11) is 0. The van der Waals surface area contributed by atoms with E-state index in [2.05, 4.69) is 15.0 Å². The zero-order chi connectivity index (χ0) is 15.3. The fourth-order valence-electron chi connectivity index (χ4n) is 2.46. The van der Waals surface area contributed by atoms with E-state index in [0.717, 1.165) is 0 Å². The van der Waals surface area contributed by atoms with Crippen molar-refractivity contribution in [2.24, 2.45) is 0 Å². The number of aliphatic hydroxyl groups is 2. The summed E-state index contributed by atoms with van der Waals surface area (Å²) in [6.45, 7) is 2.96. The van der Waals surface area contributed by atoms with Crippen LogP contribution < -0.4 is 5.73 Å². The van der Waals surface area contributed by atoms with Crippen molar-refractivity contribution >= 4 is 22.8 Å². The van der Waals surface area contributed by atoms with Gasteiger partial charge in [-0.25, -0.2) is 15.0 Å². The molecule has 0 aliphatic carbocycles. The number of aliphatic hydroxyl groups excluding tert-OH is 2. The van der Waals surface area contributed by atoms with Crippen LogP contribution in [0.3, 0.4) is 0 Å². The summed E-state index contributed by atoms with van der Waals surface area (Å²) in [5, 5.41) is 20.0. The van der Waals surface area contributed by atoms with Gasteiger partial charge in [-0.3, -0.25) is 9.36 Å². The van der Waals surface area contributed by atoms with Crippen LogP contribution in [0.4, 0.5) is 5.82 Å². The third-order valence-electron chi connectivity index (χ3n) is 3.47. The molecule has 0 bridgehead atoms. The highest BCUT2D eigenvalue weighted by atomic mass is 16.6. The molecular weight excluding hydrogens is 278 g/mol. The summed E-state index contributed by atoms with van der Waals surface area (Å²) in [5.74, 6) is 0.295. The number of aryl methyl sites for hydroxylation is 1. The van der Waals surface area contributed by atoms with Crippen LogP contribution in [0, 0.1) is 6.92 Å². The lowest BCUT2D eigenvalue weighted by Gasteiger charge is -2.16. The average Bonchev–Trinajstić information content (AvgIpc) is 2.93. The van der Waals surface area contributed by atoms with Crippen LogP contribution in [0.25, 0.3) is 11.2 Å². The molecule has 0 radical (unpaired) electrons. The van der Waals surface area contributed by atoms with Gasteiger partial charge in [-0.2, -0.15) is 0 Å². The Morgan fingerprint density at radius 3 is 2.71 bits per heavy atom. The second kappa shape index (κ2) is 4.72. The van der Waals surface area contributed by atoms with Gasteiger partial charge in [-0.1, -0.05) is 0 Å². The molecule has 9 nitrogen and oxygen atoms in total. The molecule has 21 heavy (non-hydrogen) atoms. The number of nitrogen functional groups attached to an aromatic ring is 1. The minimum absolute atomic E-state index is 0.215. The van der Waals surface area contributed by atoms with Crippen LogP contribution in [-0.2, 0) is 9.53 Å². The first-order chi connectivity index (χ1) is 9.90. The number of carbonyl (C=O) groups is 1. The molecule has 0 aromatic carbocycles. The standard InChI is InChI=1S/C12H15N5O4/c1-4(18)9-7(19)8(20)12(21-9)17-3-14-6-10(13)15-5(2)16-11(6)17/h3,7-9,12,19-20H,1-2H3,(H2,13,15,16)/t7-,8+,9+,12?/m0/s1. The van der Waals surface area contributed by atoms with Crippen molar-refractivity contribution in [2.45, 2.75) is 38.4 Å². The zero-order valence-electron chi connectivity index (χ0n) is 11.5. The van der Waals surface area contributed by atoms with Gasteiger partial charge in [-0.15, -0.1) is 0 Å². The average molecular weight is 293 g/mol. The van der Waals surface area contributed by atoms with E-state index in [1.165, 1.54) is 17.8 Å². The number of fused-ring (bicyclic) bond motifs is 1. The van der Waals surface area contributed by atoms with Crippen molar-refractivity contribution in [1.82, 2.24) is 19.5 Å². The first kappa shape index (κ1) is 13.9. The highest BCUT2D eigenvalue weighted by Gasteiger charge is 2.46. The number of Topliss-reactive ketones (excluding diaryl/α,β-unsaturated/α-hetero) is 1. The molecule has 1 fully saturated rings. The van der Waals surface area contributed by atoms with E-state index in [9.17, 15) is 15.0 Å². The predicted molar refractivity (Wildman–Crippen MR) is 71.1 cm³/mol. The molecule has 2 aromatic heterocycles. The Morgan fingerprint density at radius 2 is 2.10 bits per heavy atom. The lowest BCUT2D eigenvalue weighted by molar-refractivity contribution is -0.133. The van der Waals surface area contributed by atoms with Crippen molar-refractivity contribution in [3.8, 4) is 0 Å². The largest absolute Gasteiger partial charge is 0.387 e. The van der Waals surface area contributed by atoms with E-state index in [-0.39, 0.29) is 11.6 Å². The molecule has 9 heteroatoms. The number of hydrogen-bond donors (Lipinski definition) is 3. The van der Waals surface area contributed by atoms with E-state index in [1.807, 2.05) is 0 Å². The van der Waals surface area contributed by atoms with Crippen LogP contribution in [0.15, 0.2) is 6.33 Å². The molecule has 3 heterocycles. The first-order valence-electron chi connectivity index (χ1n) is 6.39. The Morgan fingerprint density at radius 1 is 1.38 bits per heavy atom. The highest BCUT2D eigenvalue weighted by Crippen LogP contribution is 2.32. The van der Waals surface area contributed by atoms with Gasteiger partial charge in [0.25, 0.3) is 0 Å². The first-order valence-corrected chi connectivity index (χ1v) is 6.39. The van der Waals surface area contributed by atoms with E-state index in [1.54, 1.807) is 6.92 Å². The summed E-state index contributed by atoms with van der Waals surface area (Å²) in [5.41, 5.74) is 6.52. The Balaban J connectivity index is 2.07. The van der Waals surface area contributed by atoms with Gasteiger partial charge in [0.05, 0.1) is 6.33 Å². The quantitative estimate of drug-likeness (QED) is 0.636. The van der Waals surface area contributed by atoms with Crippen molar-refractivity contribution in [1.29, 1.82) is 0 Å². The van der Waals surface area contributed by atoms with Crippen LogP contribution in [-0.4, -0.2) is 53.8 Å². The molecule has 2 aromatic rings. The van der Waals surface area contributed by atoms with Crippen LogP contribution in [0.5, 0.6) is 0 Å². The summed E-state index contributed by atoms with van der Waals surface area (Å²) >= 11 is 0. The smallest absolute Gasteiger partial charge is 0.167 e. The van der Waals surface area contributed by atoms with Crippen molar-refractivity contribution in [3.05, 3.63) is 12.2 Å². The molecule has 3 rings (SSSR count). The molecule has 1 unspecified atom stereocenters. The molecular formula is C12H15N5O4. The van der Waals surface area contributed by atoms with Gasteiger partial charge >= 0.3 is 0 Å². The topological polar surface area (TPSA) is 136 Å². The van der Waals surface area contributed by atoms with E-state index >= 15 is 0 Å². The van der Waals surface area contributed by atoms with Gasteiger partial charge in [0.2, 0.25) is 0 Å². The van der Waals surface area contributed by atoms with E-state index < -0.39 is 24.5 Å². The maximum atomic E-state index is 11.4. The number of ether oxygens (including phenoxy) is 1. The second-order valence-corrected chi connectivity index (χ2v) is 5.02. The maximum Gasteiger partial charge on any atom is 0.167 e. The van der Waals surface area contributed by atoms with Gasteiger partial charge in [0, 0.05) is 0 Å². The summed E-state index contributed by atoms with van der Waals surface area (Å²) < 4.78 is 6.89. The van der Waals surface area contributed by atoms with Crippen LogP contribution >= 0.6 is 0 Å². The molecule has 0 amide bonds. The van der Waals surface area contributed by atoms with Crippen LogP contribution in [0.2, 0.25) is 0 Å². The third kappa shape index (κ3) is 2.06. The Labute approximate surface area is 119 Å². The predicted octanol–water partition coefficient (Wildman–Crippen LogP) is -1.07. The van der Waals surface area contributed by atoms with Gasteiger partial charge in [0.15, 0.2) is 23.5 Å². The minimum Gasteiger partial charge on any atom is -0.387 e. The number of anilines is 1. The molecule has 1 aliphatic heterocycles. The molecule has 112 valence electrons. The van der Waals surface area contributed by atoms with E-state index in [0.29, 0.717) is 17.0 Å². The minimum atomic E-state index is -1.30. The zero-order valence-corrected chi connectivity index (χ0v) is 11.5. The number of nitrogens with zero attached hydrogens (tertiary/aromatic N) is 4. The summed E-state index contributed by atoms with van der Waals surface area (Å²) in [6, 6.07) is 0. The second-order valence-electron chi connectivity index (χ2n) is 5.02. The number of nitrogens with two attached hydrogens (primary N) is 1. The fourth-order valence-corrected chi connectivity index (χ4v) is 2.46. The van der Waals surface area contributed by atoms with Gasteiger partial charge in [-0.05, 0) is 13.8 Å². The number of rotatable bonds is 2. The highest BCUT2D eigenvalue weighted by molar-refractivity contribution is 5.82. The van der Waals surface area contributed by atoms with Crippen molar-refractivity contribution in [3.63, 3.8) is 0 Å². The number of imidazole rings is 1.